The van der Waals surface area contributed by atoms with Gasteiger partial charge in [0.2, 0.25) is 5.91 Å². The highest BCUT2D eigenvalue weighted by molar-refractivity contribution is 5.95. The Hall–Kier alpha value is -2.76. The number of fused-ring (bicyclic) bond motifs is 1. The van der Waals surface area contributed by atoms with Crippen molar-refractivity contribution in [2.45, 2.75) is 53.6 Å². The van der Waals surface area contributed by atoms with Crippen LogP contribution in [0.3, 0.4) is 0 Å². The standard InChI is InChI=1S/C22H28N3O3/c1-6-28-22(27)18-7-8-21-19(11-18)12-20(15(3)25(21)17(5)26)13-24-14(2)9-10-23-16(24)4/h7-11,15,20H,6,12-13H2,1-5H3/q+1. The number of esters is 1. The van der Waals surface area contributed by atoms with E-state index in [2.05, 4.69) is 23.4 Å². The Kier molecular flexibility index (Phi) is 5.77. The highest BCUT2D eigenvalue weighted by atomic mass is 16.5. The number of anilines is 1. The summed E-state index contributed by atoms with van der Waals surface area (Å²) in [6.07, 6.45) is 2.60. The van der Waals surface area contributed by atoms with Crippen LogP contribution in [-0.4, -0.2) is 29.5 Å². The first kappa shape index (κ1) is 20.0. The number of benzene rings is 1. The van der Waals surface area contributed by atoms with E-state index >= 15 is 0 Å². The molecule has 2 heterocycles. The zero-order chi connectivity index (χ0) is 20.4. The number of aromatic nitrogens is 2. The van der Waals surface area contributed by atoms with Crippen molar-refractivity contribution in [3.63, 3.8) is 0 Å². The predicted octanol–water partition coefficient (Wildman–Crippen LogP) is 2.78. The fraction of sp³-hybridized carbons (Fsp3) is 0.455. The number of hydrogen-bond acceptors (Lipinski definition) is 4. The number of amides is 1. The number of rotatable bonds is 4. The van der Waals surface area contributed by atoms with E-state index in [9.17, 15) is 9.59 Å². The van der Waals surface area contributed by atoms with Crippen molar-refractivity contribution in [2.24, 2.45) is 5.92 Å². The first-order chi connectivity index (χ1) is 13.3. The van der Waals surface area contributed by atoms with Crippen LogP contribution in [0.15, 0.2) is 30.5 Å². The molecule has 1 aromatic carbocycles. The van der Waals surface area contributed by atoms with E-state index in [1.807, 2.05) is 36.2 Å². The fourth-order valence-electron chi connectivity index (χ4n) is 4.06. The van der Waals surface area contributed by atoms with Crippen molar-refractivity contribution >= 4 is 17.6 Å². The summed E-state index contributed by atoms with van der Waals surface area (Å²) in [7, 11) is 0. The molecule has 28 heavy (non-hydrogen) atoms. The van der Waals surface area contributed by atoms with Gasteiger partial charge in [-0.25, -0.2) is 9.36 Å². The summed E-state index contributed by atoms with van der Waals surface area (Å²) in [6.45, 7) is 10.6. The molecule has 2 atom stereocenters. The van der Waals surface area contributed by atoms with Crippen molar-refractivity contribution in [1.29, 1.82) is 0 Å². The zero-order valence-electron chi connectivity index (χ0n) is 17.2. The summed E-state index contributed by atoms with van der Waals surface area (Å²) in [4.78, 5) is 30.9. The van der Waals surface area contributed by atoms with Gasteiger partial charge in [0.1, 0.15) is 11.9 Å². The van der Waals surface area contributed by atoms with Crippen LogP contribution in [0.25, 0.3) is 0 Å². The third-order valence-electron chi connectivity index (χ3n) is 5.57. The molecule has 0 spiro atoms. The molecule has 1 amide bonds. The maximum Gasteiger partial charge on any atom is 0.338 e. The molecule has 0 saturated heterocycles. The Bertz CT molecular complexity index is 890. The van der Waals surface area contributed by atoms with Crippen molar-refractivity contribution < 1.29 is 18.9 Å². The molecule has 1 aromatic heterocycles. The van der Waals surface area contributed by atoms with Gasteiger partial charge in [-0.3, -0.25) is 4.79 Å². The second-order valence-electron chi connectivity index (χ2n) is 7.40. The molecule has 0 aliphatic carbocycles. The molecular weight excluding hydrogens is 354 g/mol. The molecule has 2 unspecified atom stereocenters. The summed E-state index contributed by atoms with van der Waals surface area (Å²) in [5.74, 6) is 0.836. The SMILES string of the molecule is CCOC(=O)c1ccc2c(c1)CC(C[n+]1c(C)ccnc1C)C(C)N2C(C)=O. The second kappa shape index (κ2) is 8.09. The number of ether oxygens (including phenoxy) is 1. The van der Waals surface area contributed by atoms with Gasteiger partial charge in [-0.05, 0) is 51.0 Å². The Labute approximate surface area is 166 Å². The highest BCUT2D eigenvalue weighted by Crippen LogP contribution is 2.35. The van der Waals surface area contributed by atoms with Crippen LogP contribution in [0.2, 0.25) is 0 Å². The monoisotopic (exact) mass is 382 g/mol. The molecule has 1 aliphatic rings. The minimum absolute atomic E-state index is 0.00645. The van der Waals surface area contributed by atoms with E-state index in [0.29, 0.717) is 12.2 Å². The van der Waals surface area contributed by atoms with Gasteiger partial charge in [-0.1, -0.05) is 4.98 Å². The van der Waals surface area contributed by atoms with Crippen LogP contribution in [-0.2, 0) is 22.5 Å². The van der Waals surface area contributed by atoms with E-state index in [1.54, 1.807) is 19.9 Å². The van der Waals surface area contributed by atoms with Gasteiger partial charge in [0.25, 0.3) is 5.82 Å². The van der Waals surface area contributed by atoms with Gasteiger partial charge in [0.05, 0.1) is 18.7 Å². The molecule has 0 fully saturated rings. The maximum absolute atomic E-state index is 12.4. The molecule has 0 saturated carbocycles. The van der Waals surface area contributed by atoms with Crippen LogP contribution in [0.4, 0.5) is 5.69 Å². The lowest BCUT2D eigenvalue weighted by Gasteiger charge is -2.40. The van der Waals surface area contributed by atoms with Gasteiger partial charge in [-0.2, -0.15) is 0 Å². The quantitative estimate of drug-likeness (QED) is 0.603. The number of aryl methyl sites for hydroxylation is 2. The summed E-state index contributed by atoms with van der Waals surface area (Å²) >= 11 is 0. The summed E-state index contributed by atoms with van der Waals surface area (Å²) in [5, 5.41) is 0. The normalized spacial score (nSPS) is 18.5. The lowest BCUT2D eigenvalue weighted by atomic mass is 9.85. The van der Waals surface area contributed by atoms with E-state index < -0.39 is 0 Å². The van der Waals surface area contributed by atoms with Crippen LogP contribution >= 0.6 is 0 Å². The molecule has 0 bridgehead atoms. The van der Waals surface area contributed by atoms with Gasteiger partial charge in [0, 0.05) is 37.6 Å². The number of hydrogen-bond donors (Lipinski definition) is 0. The van der Waals surface area contributed by atoms with Crippen molar-refractivity contribution in [3.8, 4) is 0 Å². The molecule has 148 valence electrons. The third-order valence-corrected chi connectivity index (χ3v) is 5.57. The minimum atomic E-state index is -0.330. The Morgan fingerprint density at radius 2 is 2.04 bits per heavy atom. The second-order valence-corrected chi connectivity index (χ2v) is 7.40. The molecule has 3 rings (SSSR count). The summed E-state index contributed by atoms with van der Waals surface area (Å²) in [6, 6.07) is 7.52. The lowest BCUT2D eigenvalue weighted by molar-refractivity contribution is -0.717. The van der Waals surface area contributed by atoms with Gasteiger partial charge in [0.15, 0.2) is 0 Å². The van der Waals surface area contributed by atoms with Crippen molar-refractivity contribution in [2.75, 3.05) is 11.5 Å². The topological polar surface area (TPSA) is 63.4 Å². The Balaban J connectivity index is 1.99. The van der Waals surface area contributed by atoms with Crippen LogP contribution in [0.5, 0.6) is 0 Å². The first-order valence-electron chi connectivity index (χ1n) is 9.75. The van der Waals surface area contributed by atoms with E-state index in [1.165, 1.54) is 0 Å². The lowest BCUT2D eigenvalue weighted by Crippen LogP contribution is -2.53. The van der Waals surface area contributed by atoms with Crippen LogP contribution in [0, 0.1) is 19.8 Å². The molecular formula is C22H28N3O3+. The smallest absolute Gasteiger partial charge is 0.338 e. The third kappa shape index (κ3) is 3.77. The molecule has 6 heteroatoms. The molecule has 2 aromatic rings. The van der Waals surface area contributed by atoms with Gasteiger partial charge >= 0.3 is 5.97 Å². The average Bonchev–Trinajstić information content (AvgIpc) is 2.64. The van der Waals surface area contributed by atoms with Crippen molar-refractivity contribution in [1.82, 2.24) is 4.98 Å². The van der Waals surface area contributed by atoms with Gasteiger partial charge in [-0.15, -0.1) is 0 Å². The van der Waals surface area contributed by atoms with Crippen LogP contribution in [0.1, 0.15) is 48.2 Å². The highest BCUT2D eigenvalue weighted by Gasteiger charge is 2.35. The predicted molar refractivity (Wildman–Crippen MR) is 106 cm³/mol. The molecule has 0 radical (unpaired) electrons. The van der Waals surface area contributed by atoms with E-state index in [0.717, 1.165) is 35.7 Å². The van der Waals surface area contributed by atoms with Crippen LogP contribution < -0.4 is 9.47 Å². The number of nitrogens with zero attached hydrogens (tertiary/aromatic N) is 3. The fourth-order valence-corrected chi connectivity index (χ4v) is 4.06. The minimum Gasteiger partial charge on any atom is -0.462 e. The molecule has 0 N–H and O–H groups in total. The zero-order valence-corrected chi connectivity index (χ0v) is 17.2. The number of carbonyl (C=O) groups is 2. The van der Waals surface area contributed by atoms with E-state index in [4.69, 9.17) is 4.74 Å². The summed E-state index contributed by atoms with van der Waals surface area (Å²) < 4.78 is 7.33. The largest absolute Gasteiger partial charge is 0.462 e. The van der Waals surface area contributed by atoms with E-state index in [-0.39, 0.29) is 23.8 Å². The number of carbonyl (C=O) groups excluding carboxylic acids is 2. The Morgan fingerprint density at radius 3 is 2.68 bits per heavy atom. The Morgan fingerprint density at radius 1 is 1.29 bits per heavy atom. The average molecular weight is 382 g/mol. The molecule has 6 nitrogen and oxygen atoms in total. The summed E-state index contributed by atoms with van der Waals surface area (Å²) in [5.41, 5.74) is 3.55. The molecule has 1 aliphatic heterocycles. The van der Waals surface area contributed by atoms with Gasteiger partial charge < -0.3 is 9.64 Å². The first-order valence-corrected chi connectivity index (χ1v) is 9.75. The maximum atomic E-state index is 12.4. The van der Waals surface area contributed by atoms with Crippen molar-refractivity contribution in [3.05, 3.63) is 53.1 Å².